The van der Waals surface area contributed by atoms with Gasteiger partial charge in [-0.15, -0.1) is 0 Å². The quantitative estimate of drug-likeness (QED) is 0.858. The van der Waals surface area contributed by atoms with Gasteiger partial charge in [0, 0.05) is 38.3 Å². The molecule has 2 fully saturated rings. The molecule has 0 bridgehead atoms. The van der Waals surface area contributed by atoms with E-state index in [-0.39, 0.29) is 5.91 Å². The average Bonchev–Trinajstić information content (AvgIpc) is 3.23. The topological polar surface area (TPSA) is 49.6 Å². The summed E-state index contributed by atoms with van der Waals surface area (Å²) < 4.78 is 5.16. The zero-order valence-electron chi connectivity index (χ0n) is 13.9. The van der Waals surface area contributed by atoms with Gasteiger partial charge in [0.05, 0.1) is 5.69 Å². The highest BCUT2D eigenvalue weighted by Gasteiger charge is 2.34. The fourth-order valence-electron chi connectivity index (χ4n) is 3.36. The maximum atomic E-state index is 12.6. The summed E-state index contributed by atoms with van der Waals surface area (Å²) in [4.78, 5) is 17.2. The third kappa shape index (κ3) is 3.51. The van der Waals surface area contributed by atoms with Crippen LogP contribution in [0.2, 0.25) is 0 Å². The molecule has 0 aromatic carbocycles. The zero-order chi connectivity index (χ0) is 15.7. The lowest BCUT2D eigenvalue weighted by Crippen LogP contribution is -2.46. The van der Waals surface area contributed by atoms with Crippen molar-refractivity contribution >= 4 is 5.91 Å². The molecule has 3 rings (SSSR count). The van der Waals surface area contributed by atoms with Crippen LogP contribution in [-0.4, -0.2) is 53.1 Å². The van der Waals surface area contributed by atoms with Crippen molar-refractivity contribution < 1.29 is 9.32 Å². The molecule has 1 saturated heterocycles. The zero-order valence-corrected chi connectivity index (χ0v) is 13.9. The lowest BCUT2D eigenvalue weighted by atomic mass is 10.0. The van der Waals surface area contributed by atoms with Gasteiger partial charge in [-0.05, 0) is 38.0 Å². The van der Waals surface area contributed by atoms with Crippen LogP contribution >= 0.6 is 0 Å². The largest absolute Gasteiger partial charge is 0.351 e. The number of nitrogens with zero attached hydrogens (tertiary/aromatic N) is 3. The number of aryl methyl sites for hydroxylation is 1. The number of aromatic nitrogens is 1. The van der Waals surface area contributed by atoms with Crippen LogP contribution in [0.15, 0.2) is 10.6 Å². The molecule has 1 aromatic rings. The SMILES string of the molecule is Cc1cc(C(=O)N2CCCN(CC3CC3)[C@@H](C(C)C)C2)on1. The highest BCUT2D eigenvalue weighted by atomic mass is 16.5. The molecule has 1 aliphatic heterocycles. The Kier molecular flexibility index (Phi) is 4.52. The van der Waals surface area contributed by atoms with Crippen molar-refractivity contribution in [2.75, 3.05) is 26.2 Å². The fraction of sp³-hybridized carbons (Fsp3) is 0.765. The molecule has 2 aliphatic rings. The predicted molar refractivity (Wildman–Crippen MR) is 84.7 cm³/mol. The van der Waals surface area contributed by atoms with Crippen molar-refractivity contribution in [2.24, 2.45) is 11.8 Å². The third-order valence-electron chi connectivity index (χ3n) is 4.83. The molecule has 2 heterocycles. The van der Waals surface area contributed by atoms with Crippen LogP contribution in [0.5, 0.6) is 0 Å². The second kappa shape index (κ2) is 6.41. The number of carbonyl (C=O) groups is 1. The van der Waals surface area contributed by atoms with Crippen LogP contribution in [0.3, 0.4) is 0 Å². The molecule has 22 heavy (non-hydrogen) atoms. The molecule has 5 nitrogen and oxygen atoms in total. The smallest absolute Gasteiger partial charge is 0.292 e. The molecular weight excluding hydrogens is 278 g/mol. The monoisotopic (exact) mass is 305 g/mol. The van der Waals surface area contributed by atoms with Crippen molar-refractivity contribution in [1.29, 1.82) is 0 Å². The van der Waals surface area contributed by atoms with E-state index in [1.165, 1.54) is 19.4 Å². The van der Waals surface area contributed by atoms with Crippen LogP contribution in [0.4, 0.5) is 0 Å². The Labute approximate surface area is 132 Å². The molecule has 122 valence electrons. The van der Waals surface area contributed by atoms with E-state index in [4.69, 9.17) is 4.52 Å². The second-order valence-electron chi connectivity index (χ2n) is 7.19. The number of hydrogen-bond donors (Lipinski definition) is 0. The molecule has 0 radical (unpaired) electrons. The van der Waals surface area contributed by atoms with Gasteiger partial charge in [-0.3, -0.25) is 9.69 Å². The van der Waals surface area contributed by atoms with Crippen molar-refractivity contribution in [2.45, 2.75) is 46.1 Å². The summed E-state index contributed by atoms with van der Waals surface area (Å²) in [6.07, 6.45) is 3.79. The minimum absolute atomic E-state index is 0.0143. The Morgan fingerprint density at radius 2 is 2.18 bits per heavy atom. The Hall–Kier alpha value is -1.36. The highest BCUT2D eigenvalue weighted by Crippen LogP contribution is 2.32. The molecule has 1 aromatic heterocycles. The normalized spacial score (nSPS) is 23.8. The number of amides is 1. The average molecular weight is 305 g/mol. The second-order valence-corrected chi connectivity index (χ2v) is 7.19. The van der Waals surface area contributed by atoms with E-state index in [0.717, 1.165) is 37.7 Å². The van der Waals surface area contributed by atoms with Crippen molar-refractivity contribution in [3.8, 4) is 0 Å². The Bertz CT molecular complexity index is 522. The molecule has 0 unspecified atom stereocenters. The van der Waals surface area contributed by atoms with E-state index in [0.29, 0.717) is 17.7 Å². The minimum Gasteiger partial charge on any atom is -0.351 e. The van der Waals surface area contributed by atoms with Crippen molar-refractivity contribution in [3.05, 3.63) is 17.5 Å². The molecule has 0 spiro atoms. The van der Waals surface area contributed by atoms with Gasteiger partial charge in [-0.1, -0.05) is 19.0 Å². The van der Waals surface area contributed by atoms with Crippen molar-refractivity contribution in [1.82, 2.24) is 15.0 Å². The number of rotatable bonds is 4. The standard InChI is InChI=1S/C17H27N3O2/c1-12(2)15-11-20(17(21)16-9-13(3)18-22-16)8-4-7-19(15)10-14-5-6-14/h9,12,14-15H,4-8,10-11H2,1-3H3/t15-/m1/s1. The van der Waals surface area contributed by atoms with Gasteiger partial charge in [0.15, 0.2) is 0 Å². The summed E-state index contributed by atoms with van der Waals surface area (Å²) in [5, 5.41) is 3.84. The van der Waals surface area contributed by atoms with Crippen LogP contribution in [0.1, 0.15) is 49.4 Å². The van der Waals surface area contributed by atoms with Crippen LogP contribution in [0.25, 0.3) is 0 Å². The summed E-state index contributed by atoms with van der Waals surface area (Å²) >= 11 is 0. The highest BCUT2D eigenvalue weighted by molar-refractivity contribution is 5.91. The van der Waals surface area contributed by atoms with Gasteiger partial charge in [0.25, 0.3) is 5.91 Å². The maximum absolute atomic E-state index is 12.6. The molecular formula is C17H27N3O2. The molecule has 1 amide bonds. The first-order valence-corrected chi connectivity index (χ1v) is 8.51. The predicted octanol–water partition coefficient (Wildman–Crippen LogP) is 2.57. The third-order valence-corrected chi connectivity index (χ3v) is 4.83. The van der Waals surface area contributed by atoms with Gasteiger partial charge in [-0.25, -0.2) is 0 Å². The van der Waals surface area contributed by atoms with Crippen LogP contribution < -0.4 is 0 Å². The van der Waals surface area contributed by atoms with Gasteiger partial charge < -0.3 is 9.42 Å². The van der Waals surface area contributed by atoms with E-state index in [1.807, 2.05) is 11.8 Å². The van der Waals surface area contributed by atoms with Crippen LogP contribution in [0, 0.1) is 18.8 Å². The van der Waals surface area contributed by atoms with Gasteiger partial charge in [0.2, 0.25) is 5.76 Å². The minimum atomic E-state index is -0.0143. The lowest BCUT2D eigenvalue weighted by Gasteiger charge is -2.34. The molecule has 1 saturated carbocycles. The van der Waals surface area contributed by atoms with E-state index >= 15 is 0 Å². The summed E-state index contributed by atoms with van der Waals surface area (Å²) in [7, 11) is 0. The van der Waals surface area contributed by atoms with Crippen LogP contribution in [-0.2, 0) is 0 Å². The van der Waals surface area contributed by atoms with Crippen molar-refractivity contribution in [3.63, 3.8) is 0 Å². The first-order chi connectivity index (χ1) is 10.5. The molecule has 1 aliphatic carbocycles. The summed E-state index contributed by atoms with van der Waals surface area (Å²) in [6.45, 7) is 10.3. The van der Waals surface area contributed by atoms with Gasteiger partial charge >= 0.3 is 0 Å². The summed E-state index contributed by atoms with van der Waals surface area (Å²) in [5.41, 5.74) is 0.758. The molecule has 0 N–H and O–H groups in total. The van der Waals surface area contributed by atoms with Gasteiger partial charge in [0.1, 0.15) is 0 Å². The fourth-order valence-corrected chi connectivity index (χ4v) is 3.36. The number of hydrogen-bond acceptors (Lipinski definition) is 4. The first-order valence-electron chi connectivity index (χ1n) is 8.51. The van der Waals surface area contributed by atoms with Gasteiger partial charge in [-0.2, -0.15) is 0 Å². The van der Waals surface area contributed by atoms with E-state index in [2.05, 4.69) is 23.9 Å². The first kappa shape index (κ1) is 15.5. The Balaban J connectivity index is 1.71. The Morgan fingerprint density at radius 1 is 1.41 bits per heavy atom. The summed E-state index contributed by atoms with van der Waals surface area (Å²) in [5.74, 6) is 1.79. The van der Waals surface area contributed by atoms with E-state index < -0.39 is 0 Å². The van der Waals surface area contributed by atoms with E-state index in [9.17, 15) is 4.79 Å². The molecule has 1 atom stereocenters. The van der Waals surface area contributed by atoms with E-state index in [1.54, 1.807) is 6.07 Å². The molecule has 5 heteroatoms. The maximum Gasteiger partial charge on any atom is 0.292 e. The number of carbonyl (C=O) groups excluding carboxylic acids is 1. The lowest BCUT2D eigenvalue weighted by molar-refractivity contribution is 0.0664. The summed E-state index contributed by atoms with van der Waals surface area (Å²) in [6, 6.07) is 2.18. The Morgan fingerprint density at radius 3 is 2.77 bits per heavy atom.